The molecule has 0 atom stereocenters. The van der Waals surface area contributed by atoms with E-state index >= 15 is 0 Å². The summed E-state index contributed by atoms with van der Waals surface area (Å²) in [5, 5.41) is 0. The molecule has 0 aliphatic rings. The average molecular weight is 234 g/mol. The summed E-state index contributed by atoms with van der Waals surface area (Å²) in [6, 6.07) is 20.6. The van der Waals surface area contributed by atoms with Crippen molar-refractivity contribution in [2.24, 2.45) is 7.05 Å². The summed E-state index contributed by atoms with van der Waals surface area (Å²) in [6.07, 6.45) is 1.93. The summed E-state index contributed by atoms with van der Waals surface area (Å²) >= 11 is 0. The highest BCUT2D eigenvalue weighted by Gasteiger charge is 2.09. The van der Waals surface area contributed by atoms with Crippen LogP contribution in [0.3, 0.4) is 0 Å². The molecule has 0 aliphatic carbocycles. The molecule has 2 aromatic carbocycles. The van der Waals surface area contributed by atoms with Crippen molar-refractivity contribution in [3.05, 3.63) is 66.9 Å². The fraction of sp³-hybridized carbons (Fsp3) is 0.0625. The van der Waals surface area contributed by atoms with Gasteiger partial charge in [0.1, 0.15) is 5.82 Å². The predicted molar refractivity (Wildman–Crippen MR) is 74.1 cm³/mol. The molecule has 0 unspecified atom stereocenters. The van der Waals surface area contributed by atoms with Crippen LogP contribution in [0.5, 0.6) is 0 Å². The molecule has 0 spiro atoms. The van der Waals surface area contributed by atoms with Crippen LogP contribution in [0.15, 0.2) is 66.9 Å². The van der Waals surface area contributed by atoms with Crippen molar-refractivity contribution in [2.75, 3.05) is 0 Å². The van der Waals surface area contributed by atoms with Crippen LogP contribution in [0.2, 0.25) is 0 Å². The Hall–Kier alpha value is -2.35. The molecular weight excluding hydrogens is 220 g/mol. The predicted octanol–water partition coefficient (Wildman–Crippen LogP) is 3.75. The third-order valence-corrected chi connectivity index (χ3v) is 3.09. The van der Waals surface area contributed by atoms with E-state index in [0.29, 0.717) is 0 Å². The molecule has 18 heavy (non-hydrogen) atoms. The van der Waals surface area contributed by atoms with E-state index in [4.69, 9.17) is 0 Å². The summed E-state index contributed by atoms with van der Waals surface area (Å²) in [7, 11) is 2.05. The number of hydrogen-bond donors (Lipinski definition) is 0. The number of aromatic nitrogens is 2. The Morgan fingerprint density at radius 2 is 1.33 bits per heavy atom. The molecule has 88 valence electrons. The minimum atomic E-state index is 0.995. The lowest BCUT2D eigenvalue weighted by molar-refractivity contribution is 0.933. The molecule has 3 rings (SSSR count). The van der Waals surface area contributed by atoms with Gasteiger partial charge in [0.2, 0.25) is 0 Å². The topological polar surface area (TPSA) is 17.8 Å². The second-order valence-electron chi connectivity index (χ2n) is 4.26. The van der Waals surface area contributed by atoms with Crippen molar-refractivity contribution in [1.82, 2.24) is 9.55 Å². The fourth-order valence-electron chi connectivity index (χ4n) is 2.14. The molecule has 0 radical (unpaired) electrons. The number of hydrogen-bond acceptors (Lipinski definition) is 1. The van der Waals surface area contributed by atoms with E-state index in [1.807, 2.05) is 42.6 Å². The van der Waals surface area contributed by atoms with Gasteiger partial charge in [0.05, 0.1) is 11.9 Å². The maximum Gasteiger partial charge on any atom is 0.140 e. The summed E-state index contributed by atoms with van der Waals surface area (Å²) in [4.78, 5) is 4.53. The van der Waals surface area contributed by atoms with E-state index < -0.39 is 0 Å². The van der Waals surface area contributed by atoms with Crippen molar-refractivity contribution in [2.45, 2.75) is 0 Å². The zero-order chi connectivity index (χ0) is 12.4. The highest BCUT2D eigenvalue weighted by atomic mass is 15.1. The summed E-state index contributed by atoms with van der Waals surface area (Å²) in [5.74, 6) is 0.995. The summed E-state index contributed by atoms with van der Waals surface area (Å²) < 4.78 is 2.13. The molecule has 0 bridgehead atoms. The average Bonchev–Trinajstić information content (AvgIpc) is 2.83. The van der Waals surface area contributed by atoms with Gasteiger partial charge in [0.15, 0.2) is 0 Å². The Bertz CT molecular complexity index is 582. The van der Waals surface area contributed by atoms with Crippen LogP contribution in [-0.2, 0) is 7.05 Å². The van der Waals surface area contributed by atoms with Crippen LogP contribution in [0.4, 0.5) is 0 Å². The minimum Gasteiger partial charge on any atom is -0.327 e. The van der Waals surface area contributed by atoms with E-state index in [9.17, 15) is 0 Å². The van der Waals surface area contributed by atoms with Crippen molar-refractivity contribution in [1.29, 1.82) is 0 Å². The molecule has 2 heteroatoms. The van der Waals surface area contributed by atoms with Gasteiger partial charge in [0.25, 0.3) is 0 Å². The fourth-order valence-corrected chi connectivity index (χ4v) is 2.14. The third-order valence-electron chi connectivity index (χ3n) is 3.09. The Morgan fingerprint density at radius 1 is 0.778 bits per heavy atom. The van der Waals surface area contributed by atoms with Gasteiger partial charge in [-0.25, -0.2) is 4.98 Å². The SMILES string of the molecule is Cn1c(-c2ccccc2)cnc1-c1ccccc1. The molecule has 0 saturated carbocycles. The molecular formula is C16H14N2. The first-order valence-electron chi connectivity index (χ1n) is 5.99. The molecule has 0 fully saturated rings. The van der Waals surface area contributed by atoms with E-state index in [-0.39, 0.29) is 0 Å². The first kappa shape index (κ1) is 10.8. The zero-order valence-corrected chi connectivity index (χ0v) is 10.2. The van der Waals surface area contributed by atoms with Crippen LogP contribution in [0.25, 0.3) is 22.6 Å². The smallest absolute Gasteiger partial charge is 0.140 e. The quantitative estimate of drug-likeness (QED) is 0.660. The van der Waals surface area contributed by atoms with E-state index in [0.717, 1.165) is 17.1 Å². The third kappa shape index (κ3) is 1.82. The van der Waals surface area contributed by atoms with Crippen LogP contribution >= 0.6 is 0 Å². The van der Waals surface area contributed by atoms with Gasteiger partial charge in [-0.3, -0.25) is 0 Å². The second kappa shape index (κ2) is 4.49. The van der Waals surface area contributed by atoms with Gasteiger partial charge < -0.3 is 4.57 Å². The van der Waals surface area contributed by atoms with Gasteiger partial charge in [-0.2, -0.15) is 0 Å². The molecule has 2 nitrogen and oxygen atoms in total. The molecule has 1 aromatic heterocycles. The summed E-state index contributed by atoms with van der Waals surface area (Å²) in [5.41, 5.74) is 3.46. The monoisotopic (exact) mass is 234 g/mol. The van der Waals surface area contributed by atoms with Crippen LogP contribution < -0.4 is 0 Å². The summed E-state index contributed by atoms with van der Waals surface area (Å²) in [6.45, 7) is 0. The van der Waals surface area contributed by atoms with E-state index in [1.54, 1.807) is 0 Å². The molecule has 3 aromatic rings. The first-order chi connectivity index (χ1) is 8.86. The van der Waals surface area contributed by atoms with Gasteiger partial charge >= 0.3 is 0 Å². The largest absolute Gasteiger partial charge is 0.327 e. The van der Waals surface area contributed by atoms with Gasteiger partial charge in [-0.1, -0.05) is 60.7 Å². The zero-order valence-electron chi connectivity index (χ0n) is 10.2. The Kier molecular flexibility index (Phi) is 2.69. The minimum absolute atomic E-state index is 0.995. The van der Waals surface area contributed by atoms with Crippen molar-refractivity contribution in [3.63, 3.8) is 0 Å². The maximum absolute atomic E-state index is 4.53. The Labute approximate surface area is 107 Å². The second-order valence-corrected chi connectivity index (χ2v) is 4.26. The lowest BCUT2D eigenvalue weighted by Gasteiger charge is -2.06. The van der Waals surface area contributed by atoms with Crippen LogP contribution in [0, 0.1) is 0 Å². The Morgan fingerprint density at radius 3 is 1.94 bits per heavy atom. The molecule has 0 saturated heterocycles. The molecule has 1 heterocycles. The number of rotatable bonds is 2. The lowest BCUT2D eigenvalue weighted by atomic mass is 10.1. The lowest BCUT2D eigenvalue weighted by Crippen LogP contribution is -1.94. The van der Waals surface area contributed by atoms with Crippen LogP contribution in [0.1, 0.15) is 0 Å². The van der Waals surface area contributed by atoms with Gasteiger partial charge in [0, 0.05) is 12.6 Å². The van der Waals surface area contributed by atoms with E-state index in [2.05, 4.69) is 40.9 Å². The van der Waals surface area contributed by atoms with Crippen LogP contribution in [-0.4, -0.2) is 9.55 Å². The highest BCUT2D eigenvalue weighted by Crippen LogP contribution is 2.24. The number of imidazole rings is 1. The molecule has 0 amide bonds. The number of benzene rings is 2. The van der Waals surface area contributed by atoms with Gasteiger partial charge in [-0.15, -0.1) is 0 Å². The van der Waals surface area contributed by atoms with Gasteiger partial charge in [-0.05, 0) is 5.56 Å². The van der Waals surface area contributed by atoms with Crippen molar-refractivity contribution < 1.29 is 0 Å². The van der Waals surface area contributed by atoms with E-state index in [1.165, 1.54) is 5.56 Å². The normalized spacial score (nSPS) is 10.5. The number of nitrogens with zero attached hydrogens (tertiary/aromatic N) is 2. The van der Waals surface area contributed by atoms with Crippen molar-refractivity contribution in [3.8, 4) is 22.6 Å². The Balaban J connectivity index is 2.09. The maximum atomic E-state index is 4.53. The standard InChI is InChI=1S/C16H14N2/c1-18-15(13-8-4-2-5-9-13)12-17-16(18)14-10-6-3-7-11-14/h2-12H,1H3. The molecule has 0 N–H and O–H groups in total. The highest BCUT2D eigenvalue weighted by molar-refractivity contribution is 5.65. The molecule has 0 aliphatic heterocycles. The van der Waals surface area contributed by atoms with Crippen molar-refractivity contribution >= 4 is 0 Å². The first-order valence-corrected chi connectivity index (χ1v) is 5.99.